The largest absolute Gasteiger partial charge is 0.350 e. The van der Waals surface area contributed by atoms with Crippen molar-refractivity contribution in [2.75, 3.05) is 44.2 Å². The smallest absolute Gasteiger partial charge is 0.268 e. The van der Waals surface area contributed by atoms with Crippen LogP contribution >= 0.6 is 0 Å². The van der Waals surface area contributed by atoms with Crippen molar-refractivity contribution < 1.29 is 4.79 Å². The summed E-state index contributed by atoms with van der Waals surface area (Å²) in [4.78, 5) is 25.9. The molecule has 0 saturated carbocycles. The van der Waals surface area contributed by atoms with Gasteiger partial charge in [-0.2, -0.15) is 0 Å². The van der Waals surface area contributed by atoms with Gasteiger partial charge in [0.25, 0.3) is 5.91 Å². The monoisotopic (exact) mass is 463 g/mol. The fourth-order valence-electron chi connectivity index (χ4n) is 4.53. The Morgan fingerprint density at radius 3 is 2.56 bits per heavy atom. The fraction of sp³-hybridized carbons (Fsp3) is 0.500. The molecule has 182 valence electrons. The molecule has 1 fully saturated rings. The van der Waals surface area contributed by atoms with Crippen LogP contribution in [0.1, 0.15) is 48.5 Å². The molecule has 3 aromatic rings. The number of carbonyl (C=O) groups excluding carboxylic acids is 1. The summed E-state index contributed by atoms with van der Waals surface area (Å²) in [6, 6.07) is 8.61. The highest BCUT2D eigenvalue weighted by Crippen LogP contribution is 2.21. The minimum absolute atomic E-state index is 0.194. The maximum atomic E-state index is 12.3. The van der Waals surface area contributed by atoms with Crippen molar-refractivity contribution in [3.05, 3.63) is 54.0 Å². The Bertz CT molecular complexity index is 1050. The number of carbonyl (C=O) groups is 1. The van der Waals surface area contributed by atoms with Gasteiger partial charge < -0.3 is 9.47 Å². The molecule has 4 rings (SSSR count). The Labute approximate surface area is 202 Å². The number of unbranched alkanes of at least 4 members (excludes halogenated alkanes) is 3. The topological polar surface area (TPSA) is 78.3 Å². The van der Waals surface area contributed by atoms with E-state index in [4.69, 9.17) is 0 Å². The van der Waals surface area contributed by atoms with Crippen LogP contribution in [0.4, 0.5) is 5.95 Å². The van der Waals surface area contributed by atoms with E-state index in [1.54, 1.807) is 12.4 Å². The minimum Gasteiger partial charge on any atom is -0.350 e. The van der Waals surface area contributed by atoms with E-state index in [-0.39, 0.29) is 5.91 Å². The summed E-state index contributed by atoms with van der Waals surface area (Å²) in [5.41, 5.74) is 8.89. The van der Waals surface area contributed by atoms with E-state index in [0.29, 0.717) is 11.5 Å². The fourth-order valence-corrected chi connectivity index (χ4v) is 4.53. The molecular formula is C26H37N7O. The predicted molar refractivity (Wildman–Crippen MR) is 137 cm³/mol. The number of nitrogens with one attached hydrogen (secondary N) is 2. The SMILES string of the molecule is CCCCCCNNC(=O)c1cnc(N2CCN(CCc3cn(C)c4ccccc34)CC2)nc1. The molecule has 8 nitrogen and oxygen atoms in total. The van der Waals surface area contributed by atoms with Crippen molar-refractivity contribution in [1.82, 2.24) is 30.3 Å². The molecule has 0 unspecified atom stereocenters. The van der Waals surface area contributed by atoms with Crippen molar-refractivity contribution in [2.45, 2.75) is 39.0 Å². The summed E-state index contributed by atoms with van der Waals surface area (Å²) in [6.07, 6.45) is 11.2. The molecule has 0 aliphatic carbocycles. The van der Waals surface area contributed by atoms with E-state index >= 15 is 0 Å². The van der Waals surface area contributed by atoms with Crippen LogP contribution in [0, 0.1) is 0 Å². The maximum absolute atomic E-state index is 12.3. The molecule has 1 amide bonds. The third-order valence-corrected chi connectivity index (χ3v) is 6.59. The zero-order valence-electron chi connectivity index (χ0n) is 20.5. The second-order valence-electron chi connectivity index (χ2n) is 9.07. The number of hydrogen-bond acceptors (Lipinski definition) is 6. The molecule has 0 spiro atoms. The Balaban J connectivity index is 1.20. The van der Waals surface area contributed by atoms with Gasteiger partial charge in [0.05, 0.1) is 5.56 Å². The highest BCUT2D eigenvalue weighted by atomic mass is 16.2. The molecule has 0 atom stereocenters. The van der Waals surface area contributed by atoms with E-state index in [0.717, 1.165) is 52.1 Å². The number of benzene rings is 1. The van der Waals surface area contributed by atoms with Gasteiger partial charge in [-0.05, 0) is 24.5 Å². The molecule has 0 radical (unpaired) electrons. The summed E-state index contributed by atoms with van der Waals surface area (Å²) in [5, 5.41) is 1.35. The Hall–Kier alpha value is -2.97. The summed E-state index contributed by atoms with van der Waals surface area (Å²) in [7, 11) is 2.12. The molecule has 0 bridgehead atoms. The lowest BCUT2D eigenvalue weighted by molar-refractivity contribution is 0.0932. The summed E-state index contributed by atoms with van der Waals surface area (Å²) in [6.45, 7) is 7.76. The highest BCUT2D eigenvalue weighted by molar-refractivity contribution is 5.93. The number of aryl methyl sites for hydroxylation is 1. The highest BCUT2D eigenvalue weighted by Gasteiger charge is 2.19. The first kappa shape index (κ1) is 24.2. The van der Waals surface area contributed by atoms with Crippen molar-refractivity contribution in [2.24, 2.45) is 7.05 Å². The van der Waals surface area contributed by atoms with Crippen LogP contribution in [0.3, 0.4) is 0 Å². The summed E-state index contributed by atoms with van der Waals surface area (Å²) < 4.78 is 2.22. The molecule has 1 aliphatic heterocycles. The van der Waals surface area contributed by atoms with Crippen molar-refractivity contribution >= 4 is 22.8 Å². The Kier molecular flexibility index (Phi) is 8.49. The number of fused-ring (bicyclic) bond motifs is 1. The standard InChI is InChI=1S/C26H37N7O/c1-3-4-5-8-12-29-30-25(34)22-18-27-26(28-19-22)33-16-14-32(15-17-33)13-11-21-20-31(2)24-10-7-6-9-23(21)24/h6-7,9-10,18-20,29H,3-5,8,11-17H2,1-2H3,(H,30,34). The van der Waals surface area contributed by atoms with Crippen molar-refractivity contribution in [3.63, 3.8) is 0 Å². The van der Waals surface area contributed by atoms with Crippen LogP contribution in [-0.4, -0.2) is 64.6 Å². The van der Waals surface area contributed by atoms with Gasteiger partial charge in [0.1, 0.15) is 0 Å². The average molecular weight is 464 g/mol. The van der Waals surface area contributed by atoms with Gasteiger partial charge in [0.15, 0.2) is 0 Å². The number of anilines is 1. The number of piperazine rings is 1. The molecule has 3 heterocycles. The number of nitrogens with zero attached hydrogens (tertiary/aromatic N) is 5. The van der Waals surface area contributed by atoms with E-state index < -0.39 is 0 Å². The van der Waals surface area contributed by atoms with Gasteiger partial charge in [0.2, 0.25) is 5.95 Å². The number of rotatable bonds is 11. The normalized spacial score (nSPS) is 14.6. The zero-order valence-corrected chi connectivity index (χ0v) is 20.5. The third kappa shape index (κ3) is 6.12. The number of para-hydroxylation sites is 1. The van der Waals surface area contributed by atoms with Crippen LogP contribution < -0.4 is 15.8 Å². The molecule has 2 aromatic heterocycles. The van der Waals surface area contributed by atoms with E-state index in [1.165, 1.54) is 35.7 Å². The Morgan fingerprint density at radius 2 is 1.79 bits per heavy atom. The zero-order chi connectivity index (χ0) is 23.8. The first-order valence-corrected chi connectivity index (χ1v) is 12.5. The Morgan fingerprint density at radius 1 is 1.03 bits per heavy atom. The molecule has 8 heteroatoms. The van der Waals surface area contributed by atoms with Gasteiger partial charge in [0, 0.05) is 75.8 Å². The summed E-state index contributed by atoms with van der Waals surface area (Å²) >= 11 is 0. The lowest BCUT2D eigenvalue weighted by Gasteiger charge is -2.34. The van der Waals surface area contributed by atoms with E-state index in [1.807, 2.05) is 0 Å². The van der Waals surface area contributed by atoms with Crippen molar-refractivity contribution in [1.29, 1.82) is 0 Å². The first-order chi connectivity index (χ1) is 16.7. The molecule has 1 aliphatic rings. The number of hydrazine groups is 1. The summed E-state index contributed by atoms with van der Waals surface area (Å²) in [5.74, 6) is 0.498. The second-order valence-corrected chi connectivity index (χ2v) is 9.07. The van der Waals surface area contributed by atoms with E-state index in [2.05, 4.69) is 79.6 Å². The predicted octanol–water partition coefficient (Wildman–Crippen LogP) is 3.15. The van der Waals surface area contributed by atoms with Gasteiger partial charge in [-0.25, -0.2) is 15.4 Å². The van der Waals surface area contributed by atoms with Crippen LogP contribution in [0.5, 0.6) is 0 Å². The van der Waals surface area contributed by atoms with Crippen LogP contribution in [0.2, 0.25) is 0 Å². The van der Waals surface area contributed by atoms with Crippen LogP contribution in [-0.2, 0) is 13.5 Å². The molecular weight excluding hydrogens is 426 g/mol. The quantitative estimate of drug-likeness (QED) is 0.336. The third-order valence-electron chi connectivity index (χ3n) is 6.59. The van der Waals surface area contributed by atoms with Gasteiger partial charge in [-0.3, -0.25) is 15.1 Å². The van der Waals surface area contributed by atoms with Gasteiger partial charge in [-0.15, -0.1) is 0 Å². The van der Waals surface area contributed by atoms with Crippen LogP contribution in [0.25, 0.3) is 10.9 Å². The van der Waals surface area contributed by atoms with Crippen LogP contribution in [0.15, 0.2) is 42.9 Å². The number of amides is 1. The van der Waals surface area contributed by atoms with E-state index in [9.17, 15) is 4.79 Å². The second kappa shape index (κ2) is 11.9. The van der Waals surface area contributed by atoms with Gasteiger partial charge >= 0.3 is 0 Å². The number of aromatic nitrogens is 3. The molecule has 1 saturated heterocycles. The number of hydrogen-bond donors (Lipinski definition) is 2. The van der Waals surface area contributed by atoms with Crippen molar-refractivity contribution in [3.8, 4) is 0 Å². The maximum Gasteiger partial charge on any atom is 0.268 e. The first-order valence-electron chi connectivity index (χ1n) is 12.5. The van der Waals surface area contributed by atoms with Gasteiger partial charge in [-0.1, -0.05) is 44.4 Å². The lowest BCUT2D eigenvalue weighted by atomic mass is 10.1. The minimum atomic E-state index is -0.194. The molecule has 34 heavy (non-hydrogen) atoms. The lowest BCUT2D eigenvalue weighted by Crippen LogP contribution is -2.47. The molecule has 1 aromatic carbocycles. The average Bonchev–Trinajstić information content (AvgIpc) is 3.21. The molecule has 2 N–H and O–H groups in total.